The monoisotopic (exact) mass is 487 g/mol. The van der Waals surface area contributed by atoms with E-state index in [-0.39, 0.29) is 12.3 Å². The van der Waals surface area contributed by atoms with Crippen LogP contribution in [0, 0.1) is 10.1 Å². The predicted molar refractivity (Wildman–Crippen MR) is 147 cm³/mol. The molecule has 0 atom stereocenters. The zero-order valence-electron chi connectivity index (χ0n) is 21.1. The molecule has 0 N–H and O–H groups in total. The molecule has 0 radical (unpaired) electrons. The van der Waals surface area contributed by atoms with Gasteiger partial charge in [-0.15, -0.1) is 0 Å². The van der Waals surface area contributed by atoms with Crippen molar-refractivity contribution in [3.63, 3.8) is 0 Å². The molecule has 0 unspecified atom stereocenters. The van der Waals surface area contributed by atoms with Crippen molar-refractivity contribution in [3.8, 4) is 0 Å². The standard InChI is InChI=1S/C29H33N3O4/c1-4-30(5-2)26-15-9-23(10-16-26)7-8-24-11-17-27(18-12-24)31(6-3)21-22-36-29(33)25-13-19-28(20-14-25)32(34)35/h7-20H,4-6,21-22H2,1-3H3. The largest absolute Gasteiger partial charge is 0.460 e. The van der Waals surface area contributed by atoms with Gasteiger partial charge in [-0.25, -0.2) is 4.79 Å². The number of nitro groups is 1. The molecule has 0 aliphatic rings. The quantitative estimate of drug-likeness (QED) is 0.129. The Morgan fingerprint density at radius 1 is 0.778 bits per heavy atom. The maximum absolute atomic E-state index is 12.2. The number of carbonyl (C=O) groups is 1. The Morgan fingerprint density at radius 2 is 1.25 bits per heavy atom. The zero-order valence-corrected chi connectivity index (χ0v) is 21.1. The normalized spacial score (nSPS) is 10.9. The van der Waals surface area contributed by atoms with Crippen molar-refractivity contribution in [2.75, 3.05) is 42.6 Å². The highest BCUT2D eigenvalue weighted by molar-refractivity contribution is 5.89. The summed E-state index contributed by atoms with van der Waals surface area (Å²) in [5.41, 5.74) is 4.77. The third-order valence-corrected chi connectivity index (χ3v) is 6.04. The molecule has 3 rings (SSSR count). The molecular formula is C29H33N3O4. The lowest BCUT2D eigenvalue weighted by atomic mass is 10.1. The van der Waals surface area contributed by atoms with Gasteiger partial charge in [-0.05, 0) is 68.3 Å². The highest BCUT2D eigenvalue weighted by Crippen LogP contribution is 2.19. The Bertz CT molecular complexity index is 1150. The van der Waals surface area contributed by atoms with E-state index in [1.54, 1.807) is 0 Å². The van der Waals surface area contributed by atoms with Gasteiger partial charge in [0.25, 0.3) is 5.69 Å². The summed E-state index contributed by atoms with van der Waals surface area (Å²) in [4.78, 5) is 26.9. The molecule has 0 bridgehead atoms. The number of carbonyl (C=O) groups excluding carboxylic acids is 1. The summed E-state index contributed by atoms with van der Waals surface area (Å²) >= 11 is 0. The van der Waals surface area contributed by atoms with Gasteiger partial charge in [-0.3, -0.25) is 10.1 Å². The van der Waals surface area contributed by atoms with Crippen molar-refractivity contribution in [1.29, 1.82) is 0 Å². The summed E-state index contributed by atoms with van der Waals surface area (Å²) in [6, 6.07) is 22.3. The van der Waals surface area contributed by atoms with E-state index >= 15 is 0 Å². The van der Waals surface area contributed by atoms with Gasteiger partial charge in [0.05, 0.1) is 17.0 Å². The van der Waals surface area contributed by atoms with E-state index in [0.717, 1.165) is 36.4 Å². The number of non-ortho nitro benzene ring substituents is 1. The fourth-order valence-corrected chi connectivity index (χ4v) is 3.89. The summed E-state index contributed by atoms with van der Waals surface area (Å²) in [6.45, 7) is 9.89. The summed E-state index contributed by atoms with van der Waals surface area (Å²) in [6.07, 6.45) is 4.20. The minimum Gasteiger partial charge on any atom is -0.460 e. The second-order valence-electron chi connectivity index (χ2n) is 8.21. The molecule has 0 saturated heterocycles. The van der Waals surface area contributed by atoms with Crippen LogP contribution in [0.3, 0.4) is 0 Å². The topological polar surface area (TPSA) is 75.9 Å². The van der Waals surface area contributed by atoms with E-state index in [0.29, 0.717) is 12.1 Å². The second-order valence-corrected chi connectivity index (χ2v) is 8.21. The molecule has 0 saturated carbocycles. The molecule has 0 fully saturated rings. The van der Waals surface area contributed by atoms with Gasteiger partial charge >= 0.3 is 5.97 Å². The molecule has 0 amide bonds. The van der Waals surface area contributed by atoms with Crippen molar-refractivity contribution in [2.24, 2.45) is 0 Å². The first-order valence-corrected chi connectivity index (χ1v) is 12.2. The van der Waals surface area contributed by atoms with Crippen molar-refractivity contribution < 1.29 is 14.5 Å². The first-order chi connectivity index (χ1) is 17.4. The van der Waals surface area contributed by atoms with Gasteiger partial charge in [0.1, 0.15) is 6.61 Å². The van der Waals surface area contributed by atoms with Crippen molar-refractivity contribution in [3.05, 3.63) is 99.6 Å². The van der Waals surface area contributed by atoms with Gasteiger partial charge in [-0.2, -0.15) is 0 Å². The second kappa shape index (κ2) is 13.1. The third-order valence-electron chi connectivity index (χ3n) is 6.04. The molecular weight excluding hydrogens is 454 g/mol. The summed E-state index contributed by atoms with van der Waals surface area (Å²) in [5, 5.41) is 10.7. The number of hydrogen-bond acceptors (Lipinski definition) is 6. The molecule has 0 spiro atoms. The SMILES string of the molecule is CCN(CC)c1ccc(C=Cc2ccc(N(CC)CCOC(=O)c3ccc([N+](=O)[O-])cc3)cc2)cc1. The maximum Gasteiger partial charge on any atom is 0.338 e. The minimum absolute atomic E-state index is 0.0600. The lowest BCUT2D eigenvalue weighted by Crippen LogP contribution is -2.28. The molecule has 0 aromatic heterocycles. The Kier molecular flexibility index (Phi) is 9.63. The highest BCUT2D eigenvalue weighted by atomic mass is 16.6. The number of esters is 1. The van der Waals surface area contributed by atoms with Gasteiger partial charge in [-0.1, -0.05) is 36.4 Å². The molecule has 0 heterocycles. The third kappa shape index (κ3) is 7.18. The first kappa shape index (κ1) is 26.5. The van der Waals surface area contributed by atoms with Crippen LogP contribution in [-0.4, -0.2) is 43.7 Å². The molecule has 7 heteroatoms. The van der Waals surface area contributed by atoms with Crippen LogP contribution in [0.4, 0.5) is 17.1 Å². The number of benzene rings is 3. The summed E-state index contributed by atoms with van der Waals surface area (Å²) in [7, 11) is 0. The van der Waals surface area contributed by atoms with Crippen LogP contribution < -0.4 is 9.80 Å². The molecule has 0 aliphatic heterocycles. The maximum atomic E-state index is 12.2. The van der Waals surface area contributed by atoms with E-state index in [4.69, 9.17) is 4.74 Å². The Morgan fingerprint density at radius 3 is 1.69 bits per heavy atom. The van der Waals surface area contributed by atoms with Gasteiger partial charge in [0.2, 0.25) is 0 Å². The number of ether oxygens (including phenoxy) is 1. The summed E-state index contributed by atoms with van der Waals surface area (Å²) < 4.78 is 5.37. The smallest absolute Gasteiger partial charge is 0.338 e. The Labute approximate surface area is 212 Å². The molecule has 3 aromatic rings. The van der Waals surface area contributed by atoms with Crippen LogP contribution >= 0.6 is 0 Å². The number of anilines is 2. The first-order valence-electron chi connectivity index (χ1n) is 12.2. The number of hydrogen-bond donors (Lipinski definition) is 0. The molecule has 188 valence electrons. The highest BCUT2D eigenvalue weighted by Gasteiger charge is 2.12. The van der Waals surface area contributed by atoms with E-state index in [1.807, 2.05) is 6.92 Å². The Hall–Kier alpha value is -4.13. The number of nitrogens with zero attached hydrogens (tertiary/aromatic N) is 3. The average molecular weight is 488 g/mol. The van der Waals surface area contributed by atoms with E-state index in [9.17, 15) is 14.9 Å². The van der Waals surface area contributed by atoms with Crippen LogP contribution in [0.15, 0.2) is 72.8 Å². The average Bonchev–Trinajstić information content (AvgIpc) is 2.91. The lowest BCUT2D eigenvalue weighted by Gasteiger charge is -2.23. The van der Waals surface area contributed by atoms with Gasteiger partial charge < -0.3 is 14.5 Å². The van der Waals surface area contributed by atoms with Crippen LogP contribution in [0.1, 0.15) is 42.3 Å². The van der Waals surface area contributed by atoms with Crippen LogP contribution in [0.25, 0.3) is 12.2 Å². The molecule has 3 aromatic carbocycles. The minimum atomic E-state index is -0.500. The van der Waals surface area contributed by atoms with E-state index in [2.05, 4.69) is 84.3 Å². The van der Waals surface area contributed by atoms with Crippen LogP contribution in [0.2, 0.25) is 0 Å². The van der Waals surface area contributed by atoms with Crippen molar-refractivity contribution in [2.45, 2.75) is 20.8 Å². The van der Waals surface area contributed by atoms with E-state index < -0.39 is 10.9 Å². The number of nitro benzene ring substituents is 1. The fraction of sp³-hybridized carbons (Fsp3) is 0.276. The summed E-state index contributed by atoms with van der Waals surface area (Å²) in [5.74, 6) is -0.494. The molecule has 36 heavy (non-hydrogen) atoms. The Balaban J connectivity index is 1.53. The zero-order chi connectivity index (χ0) is 25.9. The van der Waals surface area contributed by atoms with Gasteiger partial charge in [0.15, 0.2) is 0 Å². The van der Waals surface area contributed by atoms with E-state index in [1.165, 1.54) is 30.0 Å². The predicted octanol–water partition coefficient (Wildman–Crippen LogP) is 6.29. The fourth-order valence-electron chi connectivity index (χ4n) is 3.89. The van der Waals surface area contributed by atoms with Crippen LogP contribution in [0.5, 0.6) is 0 Å². The lowest BCUT2D eigenvalue weighted by molar-refractivity contribution is -0.384. The number of likely N-dealkylation sites (N-methyl/N-ethyl adjacent to an activating group) is 1. The van der Waals surface area contributed by atoms with Crippen molar-refractivity contribution in [1.82, 2.24) is 0 Å². The van der Waals surface area contributed by atoms with Crippen LogP contribution in [-0.2, 0) is 4.74 Å². The number of rotatable bonds is 12. The molecule has 7 nitrogen and oxygen atoms in total. The van der Waals surface area contributed by atoms with Gasteiger partial charge in [0, 0.05) is 43.1 Å². The molecule has 0 aliphatic carbocycles. The van der Waals surface area contributed by atoms with Crippen molar-refractivity contribution >= 4 is 35.2 Å².